The van der Waals surface area contributed by atoms with Crippen LogP contribution in [0.1, 0.15) is 26.5 Å². The zero-order chi connectivity index (χ0) is 21.0. The molecule has 0 radical (unpaired) electrons. The molecule has 0 aliphatic rings. The molecule has 0 aliphatic heterocycles. The van der Waals surface area contributed by atoms with Crippen molar-refractivity contribution in [2.75, 3.05) is 21.3 Å². The molecule has 1 aromatic heterocycles. The van der Waals surface area contributed by atoms with E-state index in [-0.39, 0.29) is 22.5 Å². The van der Waals surface area contributed by atoms with E-state index >= 15 is 0 Å². The first-order chi connectivity index (χ1) is 14.0. The fraction of sp³-hybridized carbons (Fsp3) is 0.200. The number of esters is 2. The Morgan fingerprint density at radius 1 is 1.00 bits per heavy atom. The van der Waals surface area contributed by atoms with Crippen molar-refractivity contribution < 1.29 is 33.3 Å². The van der Waals surface area contributed by atoms with Crippen LogP contribution in [0.3, 0.4) is 0 Å². The summed E-state index contributed by atoms with van der Waals surface area (Å²) in [6.45, 7) is -0.407. The van der Waals surface area contributed by atoms with Gasteiger partial charge in [0, 0.05) is 12.1 Å². The van der Waals surface area contributed by atoms with E-state index in [1.165, 1.54) is 32.4 Å². The maximum Gasteiger partial charge on any atom is 0.406 e. The lowest BCUT2D eigenvalue weighted by Crippen LogP contribution is -2.38. The molecule has 9 heteroatoms. The van der Waals surface area contributed by atoms with Gasteiger partial charge in [-0.25, -0.2) is 14.6 Å². The van der Waals surface area contributed by atoms with Gasteiger partial charge in [0.05, 0.1) is 26.9 Å². The fourth-order valence-electron chi connectivity index (χ4n) is 2.71. The van der Waals surface area contributed by atoms with Gasteiger partial charge >= 0.3 is 17.6 Å². The summed E-state index contributed by atoms with van der Waals surface area (Å²) < 4.78 is 20.7. The van der Waals surface area contributed by atoms with Gasteiger partial charge in [-0.05, 0) is 18.2 Å². The number of methoxy groups -OCH3 is 3. The average molecular weight is 398 g/mol. The van der Waals surface area contributed by atoms with E-state index in [9.17, 15) is 14.8 Å². The molecule has 3 rings (SSSR count). The first-order valence-electron chi connectivity index (χ1n) is 8.48. The molecule has 9 nitrogen and oxygen atoms in total. The number of fused-ring (bicyclic) bond motifs is 1. The summed E-state index contributed by atoms with van der Waals surface area (Å²) in [6.07, 6.45) is 0. The van der Waals surface area contributed by atoms with Crippen molar-refractivity contribution in [3.05, 3.63) is 64.6 Å². The molecule has 0 saturated carbocycles. The summed E-state index contributed by atoms with van der Waals surface area (Å²) in [4.78, 5) is 28.9. The van der Waals surface area contributed by atoms with Gasteiger partial charge in [-0.1, -0.05) is 12.1 Å². The second-order valence-corrected chi connectivity index (χ2v) is 5.86. The van der Waals surface area contributed by atoms with Gasteiger partial charge < -0.3 is 24.2 Å². The maximum absolute atomic E-state index is 12.6. The van der Waals surface area contributed by atoms with E-state index in [0.717, 1.165) is 7.11 Å². The molecule has 1 heterocycles. The molecule has 2 aromatic carbocycles. The minimum absolute atomic E-state index is 0.0197. The van der Waals surface area contributed by atoms with E-state index in [2.05, 4.69) is 9.72 Å². The zero-order valence-corrected chi connectivity index (χ0v) is 16.0. The number of carbonyl (C=O) groups is 2. The summed E-state index contributed by atoms with van der Waals surface area (Å²) in [5.74, 6) is -0.765. The Labute approximate surface area is 166 Å². The molecule has 0 unspecified atom stereocenters. The Morgan fingerprint density at radius 2 is 1.66 bits per heavy atom. The number of hydrogen-bond acceptors (Lipinski definition) is 8. The molecular formula is C20H18N2O7. The molecule has 3 aromatic rings. The van der Waals surface area contributed by atoms with E-state index in [1.54, 1.807) is 24.3 Å². The predicted octanol–water partition coefficient (Wildman–Crippen LogP) is 2.03. The van der Waals surface area contributed by atoms with Gasteiger partial charge in [0.1, 0.15) is 23.6 Å². The van der Waals surface area contributed by atoms with Crippen molar-refractivity contribution in [1.29, 1.82) is 0 Å². The Hall–Kier alpha value is -3.88. The smallest absolute Gasteiger partial charge is 0.406 e. The van der Waals surface area contributed by atoms with Gasteiger partial charge in [-0.15, -0.1) is 0 Å². The quantitative estimate of drug-likeness (QED) is 0.352. The van der Waals surface area contributed by atoms with E-state index < -0.39 is 18.5 Å². The number of para-hydroxylation sites is 2. The largest absolute Gasteiger partial charge is 0.618 e. The van der Waals surface area contributed by atoms with Crippen LogP contribution in [0.5, 0.6) is 11.5 Å². The monoisotopic (exact) mass is 398 g/mol. The molecule has 0 N–H and O–H groups in total. The van der Waals surface area contributed by atoms with Crippen molar-refractivity contribution >= 4 is 23.0 Å². The molecule has 0 spiro atoms. The second-order valence-electron chi connectivity index (χ2n) is 5.86. The summed E-state index contributed by atoms with van der Waals surface area (Å²) in [5, 5.41) is 12.6. The number of nitrogens with zero attached hydrogens (tertiary/aromatic N) is 2. The van der Waals surface area contributed by atoms with Crippen LogP contribution in [-0.4, -0.2) is 38.3 Å². The van der Waals surface area contributed by atoms with Crippen molar-refractivity contribution in [1.82, 2.24) is 4.98 Å². The second kappa shape index (κ2) is 8.42. The lowest BCUT2D eigenvalue weighted by molar-refractivity contribution is -0.581. The van der Waals surface area contributed by atoms with Crippen LogP contribution in [-0.2, 0) is 16.1 Å². The average Bonchev–Trinajstić information content (AvgIpc) is 2.76. The summed E-state index contributed by atoms with van der Waals surface area (Å²) in [5.41, 5.74) is 0.359. The fourth-order valence-corrected chi connectivity index (χ4v) is 2.71. The summed E-state index contributed by atoms with van der Waals surface area (Å²) in [6, 6.07) is 11.1. The highest BCUT2D eigenvalue weighted by atomic mass is 16.5. The lowest BCUT2D eigenvalue weighted by atomic mass is 10.2. The Balaban J connectivity index is 1.94. The van der Waals surface area contributed by atoms with E-state index in [4.69, 9.17) is 14.2 Å². The predicted molar refractivity (Wildman–Crippen MR) is 101 cm³/mol. The molecule has 0 fully saturated rings. The molecule has 0 amide bonds. The third-order valence-electron chi connectivity index (χ3n) is 4.14. The van der Waals surface area contributed by atoms with Gasteiger partial charge in [0.2, 0.25) is 5.52 Å². The van der Waals surface area contributed by atoms with Gasteiger partial charge in [-0.2, -0.15) is 4.73 Å². The van der Waals surface area contributed by atoms with Crippen LogP contribution < -0.4 is 14.2 Å². The molecule has 0 atom stereocenters. The Kier molecular flexibility index (Phi) is 5.77. The van der Waals surface area contributed by atoms with Crippen LogP contribution >= 0.6 is 0 Å². The standard InChI is InChI=1S/C20H18N2O7/c1-26-13-8-12(9-14(10-13)27-2)19(23)29-11-16-18(20(24)28-3)22(25)17-7-5-4-6-15(17)21-16/h4-10H,11H2,1-3H3. The number of ether oxygens (including phenoxy) is 4. The highest BCUT2D eigenvalue weighted by Crippen LogP contribution is 2.23. The van der Waals surface area contributed by atoms with Crippen molar-refractivity contribution in [2.24, 2.45) is 0 Å². The highest BCUT2D eigenvalue weighted by molar-refractivity contribution is 5.91. The van der Waals surface area contributed by atoms with Crippen molar-refractivity contribution in [3.63, 3.8) is 0 Å². The Morgan fingerprint density at radius 3 is 2.28 bits per heavy atom. The highest BCUT2D eigenvalue weighted by Gasteiger charge is 2.28. The molecule has 150 valence electrons. The summed E-state index contributed by atoms with van der Waals surface area (Å²) in [7, 11) is 4.06. The van der Waals surface area contributed by atoms with E-state index in [0.29, 0.717) is 21.7 Å². The molecule has 29 heavy (non-hydrogen) atoms. The van der Waals surface area contributed by atoms with Crippen molar-refractivity contribution in [3.8, 4) is 11.5 Å². The van der Waals surface area contributed by atoms with Crippen LogP contribution in [0.25, 0.3) is 11.0 Å². The molecule has 0 bridgehead atoms. The number of benzene rings is 2. The van der Waals surface area contributed by atoms with Gasteiger partial charge in [0.25, 0.3) is 0 Å². The third kappa shape index (κ3) is 4.03. The normalized spacial score (nSPS) is 10.4. The first-order valence-corrected chi connectivity index (χ1v) is 8.48. The SMILES string of the molecule is COC(=O)c1c(COC(=O)c2cc(OC)cc(OC)c2)nc2ccccc2[n+]1[O-]. The van der Waals surface area contributed by atoms with Crippen LogP contribution in [0.4, 0.5) is 0 Å². The number of aromatic nitrogens is 2. The van der Waals surface area contributed by atoms with Crippen LogP contribution in [0, 0.1) is 5.21 Å². The molecule has 0 aliphatic carbocycles. The lowest BCUT2D eigenvalue weighted by Gasteiger charge is -2.11. The number of carbonyl (C=O) groups excluding carboxylic acids is 2. The first kappa shape index (κ1) is 19.9. The summed E-state index contributed by atoms with van der Waals surface area (Å²) >= 11 is 0. The molecule has 0 saturated heterocycles. The number of rotatable bonds is 6. The molecular weight excluding hydrogens is 380 g/mol. The van der Waals surface area contributed by atoms with Crippen LogP contribution in [0.15, 0.2) is 42.5 Å². The van der Waals surface area contributed by atoms with Crippen molar-refractivity contribution in [2.45, 2.75) is 6.61 Å². The van der Waals surface area contributed by atoms with Gasteiger partial charge in [-0.3, -0.25) is 0 Å². The van der Waals surface area contributed by atoms with E-state index in [1.807, 2.05) is 0 Å². The maximum atomic E-state index is 12.6. The topological polar surface area (TPSA) is 111 Å². The Bertz CT molecular complexity index is 1060. The van der Waals surface area contributed by atoms with Crippen LogP contribution in [0.2, 0.25) is 0 Å². The minimum Gasteiger partial charge on any atom is -0.618 e. The number of hydrogen-bond donors (Lipinski definition) is 0. The third-order valence-corrected chi connectivity index (χ3v) is 4.14. The zero-order valence-electron chi connectivity index (χ0n) is 16.0. The minimum atomic E-state index is -0.882. The van der Waals surface area contributed by atoms with Gasteiger partial charge in [0.15, 0.2) is 5.69 Å².